The van der Waals surface area contributed by atoms with Gasteiger partial charge in [0.25, 0.3) is 5.91 Å². The molecule has 13 heteroatoms. The molecule has 8 nitrogen and oxygen atoms in total. The quantitative estimate of drug-likeness (QED) is 0.569. The number of hydrogen-bond donors (Lipinski definition) is 2. The van der Waals surface area contributed by atoms with Crippen LogP contribution >= 0.6 is 11.6 Å². The number of carbonyl (C=O) groups is 1. The fourth-order valence-corrected chi connectivity index (χ4v) is 3.90. The number of aromatic nitrogens is 2. The molecule has 2 aromatic rings. The van der Waals surface area contributed by atoms with Crippen molar-refractivity contribution in [2.45, 2.75) is 56.2 Å². The Morgan fingerprint density at radius 2 is 2.00 bits per heavy atom. The molecule has 1 aliphatic carbocycles. The molecular formula is C20H21ClF4N4O4. The number of halogens is 5. The van der Waals surface area contributed by atoms with Gasteiger partial charge in [-0.1, -0.05) is 11.6 Å². The first kappa shape index (κ1) is 23.7. The summed E-state index contributed by atoms with van der Waals surface area (Å²) < 4.78 is 65.0. The van der Waals surface area contributed by atoms with Crippen LogP contribution in [0, 0.1) is 5.82 Å². The molecule has 1 aromatic carbocycles. The van der Waals surface area contributed by atoms with Crippen LogP contribution < -0.4 is 15.4 Å². The molecule has 2 atom stereocenters. The maximum absolute atomic E-state index is 13.4. The number of carbonyl (C=O) groups excluding carboxylic acids is 1. The molecule has 1 aromatic heterocycles. The van der Waals surface area contributed by atoms with Crippen molar-refractivity contribution < 1.29 is 36.2 Å². The van der Waals surface area contributed by atoms with Crippen LogP contribution in [-0.2, 0) is 9.53 Å². The number of piperidine rings is 1. The van der Waals surface area contributed by atoms with Crippen molar-refractivity contribution in [1.82, 2.24) is 20.8 Å². The Bertz CT molecular complexity index is 975. The monoisotopic (exact) mass is 492 g/mol. The minimum atomic E-state index is -4.65. The normalized spacial score (nSPS) is 25.4. The second-order valence-electron chi connectivity index (χ2n) is 8.00. The summed E-state index contributed by atoms with van der Waals surface area (Å²) in [6.07, 6.45) is -3.92. The van der Waals surface area contributed by atoms with Crippen LogP contribution in [0.5, 0.6) is 5.75 Å². The molecule has 2 fully saturated rings. The van der Waals surface area contributed by atoms with Gasteiger partial charge in [-0.05, 0) is 37.8 Å². The lowest BCUT2D eigenvalue weighted by molar-refractivity contribution is -0.352. The Balaban J connectivity index is 1.18. The third-order valence-corrected chi connectivity index (χ3v) is 5.85. The first-order valence-corrected chi connectivity index (χ1v) is 10.7. The molecule has 0 unspecified atom stereocenters. The van der Waals surface area contributed by atoms with Gasteiger partial charge in [-0.3, -0.25) is 9.53 Å². The zero-order valence-corrected chi connectivity index (χ0v) is 18.0. The third kappa shape index (κ3) is 6.33. The van der Waals surface area contributed by atoms with E-state index in [1.807, 2.05) is 0 Å². The predicted molar refractivity (Wildman–Crippen MR) is 106 cm³/mol. The summed E-state index contributed by atoms with van der Waals surface area (Å²) >= 11 is 5.61. The lowest BCUT2D eigenvalue weighted by atomic mass is 9.82. The summed E-state index contributed by atoms with van der Waals surface area (Å²) in [6.45, 7) is 0.184. The van der Waals surface area contributed by atoms with Gasteiger partial charge >= 0.3 is 6.36 Å². The number of amides is 1. The van der Waals surface area contributed by atoms with E-state index in [0.717, 1.165) is 6.07 Å². The summed E-state index contributed by atoms with van der Waals surface area (Å²) in [4.78, 5) is 12.1. The van der Waals surface area contributed by atoms with E-state index in [1.165, 1.54) is 12.1 Å². The Morgan fingerprint density at radius 1 is 1.24 bits per heavy atom. The second kappa shape index (κ2) is 9.82. The number of nitrogens with zero attached hydrogens (tertiary/aromatic N) is 2. The number of ether oxygens (including phenoxy) is 2. The van der Waals surface area contributed by atoms with Gasteiger partial charge in [0.1, 0.15) is 11.6 Å². The summed E-state index contributed by atoms with van der Waals surface area (Å²) in [5, 5.41) is 14.0. The van der Waals surface area contributed by atoms with E-state index in [4.69, 9.17) is 20.8 Å². The van der Waals surface area contributed by atoms with Gasteiger partial charge < -0.3 is 19.8 Å². The second-order valence-corrected chi connectivity index (χ2v) is 8.41. The van der Waals surface area contributed by atoms with E-state index in [2.05, 4.69) is 25.6 Å². The number of alkyl halides is 3. The zero-order chi connectivity index (χ0) is 23.6. The lowest BCUT2D eigenvalue weighted by Gasteiger charge is -2.33. The molecule has 4 rings (SSSR count). The maximum atomic E-state index is 13.4. The number of nitrogens with one attached hydrogen (secondary N) is 2. The van der Waals surface area contributed by atoms with Crippen LogP contribution in [0.4, 0.5) is 17.6 Å². The SMILES string of the molecule is O=C(COc1ccc(Cl)c(F)c1)N[C@H]1CC[C@H](c2nnc(C3CC(OC(F)(F)F)C3)o2)NC1. The van der Waals surface area contributed by atoms with Crippen molar-refractivity contribution in [2.75, 3.05) is 13.2 Å². The molecule has 1 aliphatic heterocycles. The Hall–Kier alpha value is -2.44. The molecule has 1 amide bonds. The van der Waals surface area contributed by atoms with E-state index in [9.17, 15) is 22.4 Å². The van der Waals surface area contributed by atoms with Gasteiger partial charge in [0, 0.05) is 24.6 Å². The van der Waals surface area contributed by atoms with Crippen LogP contribution in [0.15, 0.2) is 22.6 Å². The van der Waals surface area contributed by atoms with Crippen molar-refractivity contribution >= 4 is 17.5 Å². The molecule has 0 radical (unpaired) electrons. The van der Waals surface area contributed by atoms with Crippen molar-refractivity contribution in [3.63, 3.8) is 0 Å². The highest BCUT2D eigenvalue weighted by Crippen LogP contribution is 2.41. The van der Waals surface area contributed by atoms with Crippen molar-refractivity contribution in [3.05, 3.63) is 40.8 Å². The maximum Gasteiger partial charge on any atom is 0.522 e. The number of hydrogen-bond acceptors (Lipinski definition) is 7. The summed E-state index contributed by atoms with van der Waals surface area (Å²) in [5.74, 6) is -0.361. The van der Waals surface area contributed by atoms with E-state index < -0.39 is 18.3 Å². The van der Waals surface area contributed by atoms with E-state index in [1.54, 1.807) is 0 Å². The van der Waals surface area contributed by atoms with Gasteiger partial charge in [0.2, 0.25) is 11.8 Å². The van der Waals surface area contributed by atoms with Crippen LogP contribution in [0.1, 0.15) is 49.4 Å². The molecule has 180 valence electrons. The highest BCUT2D eigenvalue weighted by atomic mass is 35.5. The highest BCUT2D eigenvalue weighted by molar-refractivity contribution is 6.30. The number of rotatable bonds is 7. The summed E-state index contributed by atoms with van der Waals surface area (Å²) in [5.41, 5.74) is 0. The van der Waals surface area contributed by atoms with Crippen molar-refractivity contribution in [3.8, 4) is 5.75 Å². The molecule has 2 N–H and O–H groups in total. The molecule has 1 saturated carbocycles. The van der Waals surface area contributed by atoms with Gasteiger partial charge in [-0.25, -0.2) is 4.39 Å². The Kier molecular flexibility index (Phi) is 7.05. The van der Waals surface area contributed by atoms with E-state index in [-0.39, 0.29) is 54.1 Å². The Morgan fingerprint density at radius 3 is 2.67 bits per heavy atom. The molecule has 33 heavy (non-hydrogen) atoms. The first-order chi connectivity index (χ1) is 15.7. The average molecular weight is 493 g/mol. The Labute approximate surface area is 191 Å². The third-order valence-electron chi connectivity index (χ3n) is 5.54. The van der Waals surface area contributed by atoms with E-state index >= 15 is 0 Å². The minimum Gasteiger partial charge on any atom is -0.484 e. The van der Waals surface area contributed by atoms with Crippen LogP contribution in [0.2, 0.25) is 5.02 Å². The van der Waals surface area contributed by atoms with Crippen LogP contribution in [0.25, 0.3) is 0 Å². The fraction of sp³-hybridized carbons (Fsp3) is 0.550. The predicted octanol–water partition coefficient (Wildman–Crippen LogP) is 3.63. The molecular weight excluding hydrogens is 472 g/mol. The zero-order valence-electron chi connectivity index (χ0n) is 17.2. The van der Waals surface area contributed by atoms with Crippen LogP contribution in [0.3, 0.4) is 0 Å². The highest BCUT2D eigenvalue weighted by Gasteiger charge is 2.42. The molecule has 0 bridgehead atoms. The van der Waals surface area contributed by atoms with Gasteiger partial charge in [-0.15, -0.1) is 23.4 Å². The first-order valence-electron chi connectivity index (χ1n) is 10.3. The standard InChI is InChI=1S/C20H21ClF4N4O4/c21-14-3-2-12(7-15(14)22)31-9-17(30)27-11-1-4-16(26-8-11)19-29-28-18(32-19)10-5-13(6-10)33-20(23,24)25/h2-3,7,10-11,13,16,26H,1,4-6,8-9H2,(H,27,30)/t10?,11-,13?,16+/m0/s1. The molecule has 1 saturated heterocycles. The smallest absolute Gasteiger partial charge is 0.484 e. The van der Waals surface area contributed by atoms with Gasteiger partial charge in [0.15, 0.2) is 6.61 Å². The van der Waals surface area contributed by atoms with Gasteiger partial charge in [-0.2, -0.15) is 0 Å². The largest absolute Gasteiger partial charge is 0.522 e. The lowest BCUT2D eigenvalue weighted by Crippen LogP contribution is -2.48. The van der Waals surface area contributed by atoms with Crippen LogP contribution in [-0.4, -0.2) is 47.8 Å². The average Bonchev–Trinajstić information content (AvgIpc) is 3.21. The van der Waals surface area contributed by atoms with Gasteiger partial charge in [0.05, 0.1) is 17.2 Å². The topological polar surface area (TPSA) is 98.5 Å². The fourth-order valence-electron chi connectivity index (χ4n) is 3.78. The molecule has 2 aliphatic rings. The van der Waals surface area contributed by atoms with Crippen molar-refractivity contribution in [1.29, 1.82) is 0 Å². The summed E-state index contributed by atoms with van der Waals surface area (Å²) in [6, 6.07) is 3.56. The molecule has 2 heterocycles. The minimum absolute atomic E-state index is 0.0321. The molecule has 0 spiro atoms. The summed E-state index contributed by atoms with van der Waals surface area (Å²) in [7, 11) is 0. The van der Waals surface area contributed by atoms with E-state index in [0.29, 0.717) is 31.2 Å². The van der Waals surface area contributed by atoms with Crippen molar-refractivity contribution in [2.24, 2.45) is 0 Å². The number of benzene rings is 1.